The second-order valence-corrected chi connectivity index (χ2v) is 5.87. The van der Waals surface area contributed by atoms with Crippen LogP contribution in [0.3, 0.4) is 0 Å². The SMILES string of the molecule is O=C(CCC1CCCCC1)Nc1cc(Br)ccn1. The summed E-state index contributed by atoms with van der Waals surface area (Å²) in [7, 11) is 0. The Morgan fingerprint density at radius 1 is 1.39 bits per heavy atom. The summed E-state index contributed by atoms with van der Waals surface area (Å²) < 4.78 is 0.931. The highest BCUT2D eigenvalue weighted by Crippen LogP contribution is 2.27. The first kappa shape index (κ1) is 13.5. The third-order valence-corrected chi connectivity index (χ3v) is 3.99. The number of nitrogens with zero attached hydrogens (tertiary/aromatic N) is 1. The maximum absolute atomic E-state index is 11.8. The topological polar surface area (TPSA) is 42.0 Å². The monoisotopic (exact) mass is 310 g/mol. The maximum atomic E-state index is 11.8. The molecule has 3 nitrogen and oxygen atoms in total. The second kappa shape index (κ2) is 6.88. The number of anilines is 1. The number of rotatable bonds is 4. The molecule has 0 aromatic carbocycles. The van der Waals surface area contributed by atoms with Gasteiger partial charge in [0.15, 0.2) is 0 Å². The molecular weight excluding hydrogens is 292 g/mol. The van der Waals surface area contributed by atoms with Gasteiger partial charge in [-0.2, -0.15) is 0 Å². The molecule has 1 N–H and O–H groups in total. The van der Waals surface area contributed by atoms with Crippen molar-refractivity contribution in [3.05, 3.63) is 22.8 Å². The average Bonchev–Trinajstić information content (AvgIpc) is 2.38. The zero-order valence-corrected chi connectivity index (χ0v) is 12.1. The van der Waals surface area contributed by atoms with Crippen LogP contribution >= 0.6 is 15.9 Å². The van der Waals surface area contributed by atoms with Crippen molar-refractivity contribution < 1.29 is 4.79 Å². The Hall–Kier alpha value is -0.900. The lowest BCUT2D eigenvalue weighted by molar-refractivity contribution is -0.116. The number of hydrogen-bond acceptors (Lipinski definition) is 2. The molecule has 0 radical (unpaired) electrons. The summed E-state index contributed by atoms with van der Waals surface area (Å²) in [6, 6.07) is 3.66. The standard InChI is InChI=1S/C14H19BrN2O/c15-12-8-9-16-13(10-12)17-14(18)7-6-11-4-2-1-3-5-11/h8-11H,1-7H2,(H,16,17,18). The summed E-state index contributed by atoms with van der Waals surface area (Å²) in [6.07, 6.45) is 9.92. The van der Waals surface area contributed by atoms with Gasteiger partial charge in [-0.3, -0.25) is 4.79 Å². The molecular formula is C14H19BrN2O. The molecule has 1 aliphatic rings. The average molecular weight is 311 g/mol. The molecule has 1 heterocycles. The molecule has 0 aliphatic heterocycles. The van der Waals surface area contributed by atoms with Gasteiger partial charge in [0.2, 0.25) is 5.91 Å². The summed E-state index contributed by atoms with van der Waals surface area (Å²) >= 11 is 3.36. The molecule has 18 heavy (non-hydrogen) atoms. The van der Waals surface area contributed by atoms with E-state index in [2.05, 4.69) is 26.2 Å². The Kier molecular flexibility index (Phi) is 5.17. The quantitative estimate of drug-likeness (QED) is 0.908. The summed E-state index contributed by atoms with van der Waals surface area (Å²) in [4.78, 5) is 15.9. The normalized spacial score (nSPS) is 16.5. The Morgan fingerprint density at radius 2 is 2.17 bits per heavy atom. The van der Waals surface area contributed by atoms with E-state index in [1.165, 1.54) is 32.1 Å². The van der Waals surface area contributed by atoms with E-state index >= 15 is 0 Å². The third-order valence-electron chi connectivity index (χ3n) is 3.49. The van der Waals surface area contributed by atoms with E-state index in [4.69, 9.17) is 0 Å². The van der Waals surface area contributed by atoms with Crippen molar-refractivity contribution in [2.75, 3.05) is 5.32 Å². The van der Waals surface area contributed by atoms with Crippen molar-refractivity contribution >= 4 is 27.7 Å². The summed E-state index contributed by atoms with van der Waals surface area (Å²) in [5, 5.41) is 2.84. The van der Waals surface area contributed by atoms with Gasteiger partial charge < -0.3 is 5.32 Å². The predicted molar refractivity (Wildman–Crippen MR) is 76.4 cm³/mol. The molecule has 0 bridgehead atoms. The van der Waals surface area contributed by atoms with Gasteiger partial charge in [-0.1, -0.05) is 48.0 Å². The Labute approximate surface area is 117 Å². The van der Waals surface area contributed by atoms with E-state index < -0.39 is 0 Å². The van der Waals surface area contributed by atoms with Crippen LogP contribution in [0.25, 0.3) is 0 Å². The molecule has 1 fully saturated rings. The Morgan fingerprint density at radius 3 is 2.89 bits per heavy atom. The molecule has 0 atom stereocenters. The van der Waals surface area contributed by atoms with E-state index in [1.807, 2.05) is 12.1 Å². The van der Waals surface area contributed by atoms with E-state index in [1.54, 1.807) is 6.20 Å². The molecule has 0 unspecified atom stereocenters. The fraction of sp³-hybridized carbons (Fsp3) is 0.571. The minimum Gasteiger partial charge on any atom is -0.311 e. The number of halogens is 1. The van der Waals surface area contributed by atoms with Crippen molar-refractivity contribution in [1.82, 2.24) is 4.98 Å². The highest BCUT2D eigenvalue weighted by atomic mass is 79.9. The summed E-state index contributed by atoms with van der Waals surface area (Å²) in [5.41, 5.74) is 0. The Balaban J connectivity index is 1.74. The van der Waals surface area contributed by atoms with Crippen molar-refractivity contribution in [3.63, 3.8) is 0 Å². The first-order valence-corrected chi connectivity index (χ1v) is 7.45. The molecule has 1 aliphatic carbocycles. The van der Waals surface area contributed by atoms with Crippen LogP contribution in [0, 0.1) is 5.92 Å². The van der Waals surface area contributed by atoms with Crippen molar-refractivity contribution in [2.45, 2.75) is 44.9 Å². The minimum atomic E-state index is 0.0752. The van der Waals surface area contributed by atoms with E-state index in [0.29, 0.717) is 12.2 Å². The Bertz CT molecular complexity index is 403. The van der Waals surface area contributed by atoms with Crippen LogP contribution in [0.15, 0.2) is 22.8 Å². The minimum absolute atomic E-state index is 0.0752. The van der Waals surface area contributed by atoms with Gasteiger partial charge in [0, 0.05) is 17.1 Å². The van der Waals surface area contributed by atoms with Crippen LogP contribution in [0.5, 0.6) is 0 Å². The van der Waals surface area contributed by atoms with E-state index in [0.717, 1.165) is 16.8 Å². The smallest absolute Gasteiger partial charge is 0.225 e. The second-order valence-electron chi connectivity index (χ2n) is 4.95. The first-order valence-electron chi connectivity index (χ1n) is 6.65. The number of pyridine rings is 1. The molecule has 0 spiro atoms. The number of carbonyl (C=O) groups excluding carboxylic acids is 1. The van der Waals surface area contributed by atoms with Crippen molar-refractivity contribution in [3.8, 4) is 0 Å². The third kappa shape index (κ3) is 4.41. The number of carbonyl (C=O) groups is 1. The summed E-state index contributed by atoms with van der Waals surface area (Å²) in [6.45, 7) is 0. The van der Waals surface area contributed by atoms with Gasteiger partial charge in [-0.05, 0) is 24.5 Å². The molecule has 1 saturated carbocycles. The lowest BCUT2D eigenvalue weighted by Gasteiger charge is -2.20. The molecule has 2 rings (SSSR count). The van der Waals surface area contributed by atoms with Gasteiger partial charge >= 0.3 is 0 Å². The van der Waals surface area contributed by atoms with Gasteiger partial charge in [-0.15, -0.1) is 0 Å². The molecule has 1 amide bonds. The zero-order chi connectivity index (χ0) is 12.8. The maximum Gasteiger partial charge on any atom is 0.225 e. The first-order chi connectivity index (χ1) is 8.74. The van der Waals surface area contributed by atoms with Crippen LogP contribution < -0.4 is 5.32 Å². The van der Waals surface area contributed by atoms with Crippen LogP contribution in [0.4, 0.5) is 5.82 Å². The van der Waals surface area contributed by atoms with E-state index in [9.17, 15) is 4.79 Å². The highest BCUT2D eigenvalue weighted by Gasteiger charge is 2.14. The van der Waals surface area contributed by atoms with Crippen molar-refractivity contribution in [2.24, 2.45) is 5.92 Å². The van der Waals surface area contributed by atoms with Gasteiger partial charge in [-0.25, -0.2) is 4.98 Å². The van der Waals surface area contributed by atoms with Gasteiger partial charge in [0.05, 0.1) is 0 Å². The molecule has 4 heteroatoms. The zero-order valence-electron chi connectivity index (χ0n) is 10.5. The summed E-state index contributed by atoms with van der Waals surface area (Å²) in [5.74, 6) is 1.45. The van der Waals surface area contributed by atoms with E-state index in [-0.39, 0.29) is 5.91 Å². The van der Waals surface area contributed by atoms with Gasteiger partial charge in [0.25, 0.3) is 0 Å². The number of hydrogen-bond donors (Lipinski definition) is 1. The van der Waals surface area contributed by atoms with Gasteiger partial charge in [0.1, 0.15) is 5.82 Å². The fourth-order valence-corrected chi connectivity index (χ4v) is 2.82. The predicted octanol–water partition coefficient (Wildman–Crippen LogP) is 4.14. The molecule has 98 valence electrons. The number of nitrogens with one attached hydrogen (secondary N) is 1. The van der Waals surface area contributed by atoms with Crippen LogP contribution in [0.1, 0.15) is 44.9 Å². The largest absolute Gasteiger partial charge is 0.311 e. The number of amides is 1. The van der Waals surface area contributed by atoms with Crippen molar-refractivity contribution in [1.29, 1.82) is 0 Å². The highest BCUT2D eigenvalue weighted by molar-refractivity contribution is 9.10. The lowest BCUT2D eigenvalue weighted by Crippen LogP contribution is -2.15. The van der Waals surface area contributed by atoms with Crippen LogP contribution in [-0.2, 0) is 4.79 Å². The fourth-order valence-electron chi connectivity index (χ4n) is 2.49. The molecule has 1 aromatic rings. The number of aromatic nitrogens is 1. The molecule has 1 aromatic heterocycles. The lowest BCUT2D eigenvalue weighted by atomic mass is 9.86. The molecule has 0 saturated heterocycles. The van der Waals surface area contributed by atoms with Crippen LogP contribution in [0.2, 0.25) is 0 Å². The van der Waals surface area contributed by atoms with Crippen LogP contribution in [-0.4, -0.2) is 10.9 Å².